The molecule has 2 rings (SSSR count). The number of amides is 1. The highest BCUT2D eigenvalue weighted by atomic mass is 16.5. The summed E-state index contributed by atoms with van der Waals surface area (Å²) in [5.41, 5.74) is 1.26. The molecule has 1 aromatic carbocycles. The topological polar surface area (TPSA) is 58.6 Å². The lowest BCUT2D eigenvalue weighted by Gasteiger charge is -2.21. The maximum Gasteiger partial charge on any atom is 0.219 e. The molecule has 0 saturated heterocycles. The van der Waals surface area contributed by atoms with E-state index in [1.807, 2.05) is 31.2 Å². The van der Waals surface area contributed by atoms with E-state index in [0.717, 1.165) is 44.9 Å². The number of methoxy groups -OCH3 is 1. The van der Waals surface area contributed by atoms with Crippen LogP contribution in [0.2, 0.25) is 0 Å². The molecule has 1 aliphatic rings. The Labute approximate surface area is 182 Å². The maximum absolute atomic E-state index is 11.5. The van der Waals surface area contributed by atoms with Crippen LogP contribution in [0.3, 0.4) is 0 Å². The molecule has 4 atom stereocenters. The SMILES string of the molecule is CCNC(=O)CCC/C=C\C[C@H]1[C@@H](OC)CC[C@@H]1/C=C/[C@@H](O)CCc1ccccc1. The quantitative estimate of drug-likeness (QED) is 0.360. The van der Waals surface area contributed by atoms with E-state index in [2.05, 4.69) is 35.7 Å². The van der Waals surface area contributed by atoms with Gasteiger partial charge in [-0.1, -0.05) is 54.6 Å². The van der Waals surface area contributed by atoms with E-state index in [1.165, 1.54) is 5.56 Å². The van der Waals surface area contributed by atoms with Crippen LogP contribution in [0.25, 0.3) is 0 Å². The molecular weight excluding hydrogens is 374 g/mol. The second kappa shape index (κ2) is 14.2. The van der Waals surface area contributed by atoms with Gasteiger partial charge in [-0.15, -0.1) is 0 Å². The highest BCUT2D eigenvalue weighted by Gasteiger charge is 2.33. The van der Waals surface area contributed by atoms with Gasteiger partial charge in [-0.2, -0.15) is 0 Å². The van der Waals surface area contributed by atoms with Crippen LogP contribution in [0.1, 0.15) is 57.4 Å². The third-order valence-electron chi connectivity index (χ3n) is 5.99. The number of nitrogens with one attached hydrogen (secondary N) is 1. The summed E-state index contributed by atoms with van der Waals surface area (Å²) >= 11 is 0. The van der Waals surface area contributed by atoms with Crippen molar-refractivity contribution in [3.8, 4) is 0 Å². The predicted octanol–water partition coefficient (Wildman–Crippen LogP) is 4.83. The van der Waals surface area contributed by atoms with Gasteiger partial charge in [0.05, 0.1) is 12.2 Å². The third kappa shape index (κ3) is 8.85. The van der Waals surface area contributed by atoms with Crippen LogP contribution in [0.5, 0.6) is 0 Å². The monoisotopic (exact) mass is 413 g/mol. The summed E-state index contributed by atoms with van der Waals surface area (Å²) in [6, 6.07) is 10.3. The molecule has 0 heterocycles. The number of aliphatic hydroxyl groups excluding tert-OH is 1. The van der Waals surface area contributed by atoms with Gasteiger partial charge in [-0.05, 0) is 69.3 Å². The van der Waals surface area contributed by atoms with Crippen molar-refractivity contribution >= 4 is 5.91 Å². The standard InChI is InChI=1S/C26H39NO3/c1-3-27-26(29)14-10-5-4-9-13-24-22(17-20-25(24)30-2)16-19-23(28)18-15-21-11-7-6-8-12-21/h4,6-9,11-12,16,19,22-25,28H,3,5,10,13-15,17-18,20H2,1-2H3,(H,27,29)/b9-4-,19-16+/t22-,23-,24+,25-/m0/s1. The molecule has 0 aromatic heterocycles. The minimum Gasteiger partial charge on any atom is -0.389 e. The lowest BCUT2D eigenvalue weighted by molar-refractivity contribution is -0.121. The number of aliphatic hydroxyl groups is 1. The van der Waals surface area contributed by atoms with Crippen LogP contribution >= 0.6 is 0 Å². The van der Waals surface area contributed by atoms with Crippen molar-refractivity contribution in [1.29, 1.82) is 0 Å². The van der Waals surface area contributed by atoms with Gasteiger partial charge in [0.2, 0.25) is 5.91 Å². The molecule has 30 heavy (non-hydrogen) atoms. The third-order valence-corrected chi connectivity index (χ3v) is 5.99. The summed E-state index contributed by atoms with van der Waals surface area (Å²) in [4.78, 5) is 11.5. The molecule has 0 unspecified atom stereocenters. The van der Waals surface area contributed by atoms with Gasteiger partial charge >= 0.3 is 0 Å². The van der Waals surface area contributed by atoms with E-state index in [0.29, 0.717) is 24.8 Å². The molecule has 0 radical (unpaired) electrons. The number of carbonyl (C=O) groups excluding carboxylic acids is 1. The first-order chi connectivity index (χ1) is 14.6. The second-order valence-electron chi connectivity index (χ2n) is 8.21. The minimum atomic E-state index is -0.405. The van der Waals surface area contributed by atoms with Crippen LogP contribution in [-0.2, 0) is 16.0 Å². The predicted molar refractivity (Wildman–Crippen MR) is 123 cm³/mol. The van der Waals surface area contributed by atoms with Crippen molar-refractivity contribution in [2.75, 3.05) is 13.7 Å². The van der Waals surface area contributed by atoms with Crippen molar-refractivity contribution in [2.45, 2.75) is 70.5 Å². The molecule has 4 heteroatoms. The zero-order valence-corrected chi connectivity index (χ0v) is 18.6. The lowest BCUT2D eigenvalue weighted by Crippen LogP contribution is -2.21. The molecule has 166 valence electrons. The number of aryl methyl sites for hydroxylation is 1. The fourth-order valence-corrected chi connectivity index (χ4v) is 4.28. The average molecular weight is 414 g/mol. The maximum atomic E-state index is 11.5. The molecule has 2 N–H and O–H groups in total. The van der Waals surface area contributed by atoms with E-state index in [-0.39, 0.29) is 12.0 Å². The Hall–Kier alpha value is -1.91. The molecule has 1 amide bonds. The van der Waals surface area contributed by atoms with Crippen LogP contribution in [0, 0.1) is 11.8 Å². The Morgan fingerprint density at radius 1 is 1.27 bits per heavy atom. The molecule has 1 fully saturated rings. The molecule has 0 spiro atoms. The van der Waals surface area contributed by atoms with E-state index >= 15 is 0 Å². The summed E-state index contributed by atoms with van der Waals surface area (Å²) in [5, 5.41) is 13.2. The fraction of sp³-hybridized carbons (Fsp3) is 0.577. The van der Waals surface area contributed by atoms with Crippen molar-refractivity contribution in [1.82, 2.24) is 5.32 Å². The number of rotatable bonds is 13. The molecule has 1 aromatic rings. The summed E-state index contributed by atoms with van der Waals surface area (Å²) in [6.07, 6.45) is 15.7. The van der Waals surface area contributed by atoms with Crippen LogP contribution < -0.4 is 5.32 Å². The van der Waals surface area contributed by atoms with Crippen LogP contribution in [-0.4, -0.2) is 36.9 Å². The van der Waals surface area contributed by atoms with Gasteiger partial charge in [0.1, 0.15) is 0 Å². The summed E-state index contributed by atoms with van der Waals surface area (Å²) in [7, 11) is 1.80. The molecule has 1 aliphatic carbocycles. The van der Waals surface area contributed by atoms with Crippen molar-refractivity contribution in [3.05, 3.63) is 60.2 Å². The molecule has 0 bridgehead atoms. The Morgan fingerprint density at radius 3 is 2.80 bits per heavy atom. The zero-order chi connectivity index (χ0) is 21.6. The summed E-state index contributed by atoms with van der Waals surface area (Å²) in [5.74, 6) is 1.03. The van der Waals surface area contributed by atoms with E-state index in [9.17, 15) is 9.90 Å². The Bertz CT molecular complexity index is 656. The van der Waals surface area contributed by atoms with Gasteiger partial charge in [-0.25, -0.2) is 0 Å². The number of unbranched alkanes of at least 4 members (excludes halogenated alkanes) is 1. The first-order valence-corrected chi connectivity index (χ1v) is 11.5. The number of ether oxygens (including phenoxy) is 1. The fourth-order valence-electron chi connectivity index (χ4n) is 4.28. The van der Waals surface area contributed by atoms with Gasteiger partial charge in [0.15, 0.2) is 0 Å². The summed E-state index contributed by atoms with van der Waals surface area (Å²) < 4.78 is 5.72. The minimum absolute atomic E-state index is 0.136. The number of hydrogen-bond acceptors (Lipinski definition) is 3. The highest BCUT2D eigenvalue weighted by Crippen LogP contribution is 2.37. The van der Waals surface area contributed by atoms with Crippen LogP contribution in [0.15, 0.2) is 54.6 Å². The van der Waals surface area contributed by atoms with Gasteiger partial charge in [-0.3, -0.25) is 4.79 Å². The molecule has 1 saturated carbocycles. The van der Waals surface area contributed by atoms with E-state index in [4.69, 9.17) is 4.74 Å². The lowest BCUT2D eigenvalue weighted by atomic mass is 9.90. The van der Waals surface area contributed by atoms with Crippen molar-refractivity contribution in [2.24, 2.45) is 11.8 Å². The first kappa shape index (κ1) is 24.4. The van der Waals surface area contributed by atoms with Gasteiger partial charge in [0.25, 0.3) is 0 Å². The normalized spacial score (nSPS) is 22.7. The molecular formula is C26H39NO3. The smallest absolute Gasteiger partial charge is 0.219 e. The molecule has 4 nitrogen and oxygen atoms in total. The van der Waals surface area contributed by atoms with Gasteiger partial charge in [0, 0.05) is 20.1 Å². The van der Waals surface area contributed by atoms with E-state index < -0.39 is 6.10 Å². The number of hydrogen-bond donors (Lipinski definition) is 2. The highest BCUT2D eigenvalue weighted by molar-refractivity contribution is 5.75. The first-order valence-electron chi connectivity index (χ1n) is 11.5. The van der Waals surface area contributed by atoms with Gasteiger partial charge < -0.3 is 15.2 Å². The second-order valence-corrected chi connectivity index (χ2v) is 8.21. The number of benzene rings is 1. The van der Waals surface area contributed by atoms with Crippen molar-refractivity contribution in [3.63, 3.8) is 0 Å². The number of carbonyl (C=O) groups is 1. The Morgan fingerprint density at radius 2 is 2.07 bits per heavy atom. The number of allylic oxidation sites excluding steroid dienone is 3. The van der Waals surface area contributed by atoms with E-state index in [1.54, 1.807) is 7.11 Å². The summed E-state index contributed by atoms with van der Waals surface area (Å²) in [6.45, 7) is 2.64. The largest absolute Gasteiger partial charge is 0.389 e. The Kier molecular flexibility index (Phi) is 11.5. The van der Waals surface area contributed by atoms with Crippen molar-refractivity contribution < 1.29 is 14.6 Å². The zero-order valence-electron chi connectivity index (χ0n) is 18.6. The average Bonchev–Trinajstić information content (AvgIpc) is 3.16. The molecule has 0 aliphatic heterocycles. The Balaban J connectivity index is 1.76. The van der Waals surface area contributed by atoms with Crippen LogP contribution in [0.4, 0.5) is 0 Å².